The topological polar surface area (TPSA) is 445 Å². The molecule has 132 heavy (non-hydrogen) atoms. The first-order valence-corrected chi connectivity index (χ1v) is 41.5. The van der Waals surface area contributed by atoms with Gasteiger partial charge in [0.15, 0.2) is 0 Å². The molecule has 0 spiro atoms. The van der Waals surface area contributed by atoms with E-state index in [0.717, 1.165) is 82.9 Å². The summed E-state index contributed by atoms with van der Waals surface area (Å²) in [5.41, 5.74) is 7.43. The first-order chi connectivity index (χ1) is 63.7. The van der Waals surface area contributed by atoms with E-state index in [9.17, 15) is 48.8 Å². The number of halogens is 6. The Kier molecular flexibility index (Phi) is 26.7. The fourth-order valence-corrected chi connectivity index (χ4v) is 14.4. The standard InChI is InChI=1S/C20H19N3O3.C19H14F3N3O3.C18H13Cl2N3O3.C18H14ClN3O3.C18H14N4O5/c1-2-13-3-6-17-18(9-13)22-23(21-17)19-11-15-10-16(26-8-7-24)5-4-14(15)12-20(19)25;20-19(21,22)13-2-4-15-16(10-13)24-25(23-15)17-8-12-7-14(28-6-5-26)3-1-11(12)9-18(17)27;19-13-8-15-16(9-14(13)20)22-23(21-15)17-6-11-5-12(26-4-3-24)2-1-10(11)7-18(17)25;19-13-2-4-15-16(10-13)21-22(20-15)17-8-12-7-14(25-6-5-23)3-1-11(12)9-18(17)24;23-5-6-27-14-3-1-11-9-18(24)17(8-12(11)7-14)21-19-15-4-2-13(22(25)26)10-16(15)20-21/h3-6,9-12,24-25H,2,7-8H2,1H3;1-4,7-10,26-27H,5-6H2;1-2,5-9,24-25H,3-4H2;1-4,7-10,23-24H,5-6H2;1-4,7-10,23-24H,5-6H2. The van der Waals surface area contributed by atoms with E-state index >= 15 is 0 Å². The van der Waals surface area contributed by atoms with Crippen molar-refractivity contribution in [3.05, 3.63) is 273 Å². The Morgan fingerprint density at radius 3 is 0.871 bits per heavy atom. The van der Waals surface area contributed by atoms with Gasteiger partial charge in [0.05, 0.1) is 53.6 Å². The number of ether oxygens (including phenoxy) is 5. The SMILES string of the molecule is CCc1ccc2nn(-c3cc4cc(OCCO)ccc4cc3O)nc2c1.O=[N+]([O-])c1ccc2nn(-c3cc4cc(OCCO)ccc4cc3O)nc2c1.OCCOc1ccc2cc(O)c(-n3nc4cc(Cl)c(Cl)cc4n3)cc2c1.OCCOc1ccc2cc(O)c(-n3nc4ccc(C(F)(F)F)cc4n3)cc2c1.OCCOc1ccc2cc(O)c(-n3nc4ccc(Cl)cc4n3)cc2c1. The summed E-state index contributed by atoms with van der Waals surface area (Å²) in [5.74, 6) is 3.13. The second kappa shape index (κ2) is 39.2. The van der Waals surface area contributed by atoms with Crippen molar-refractivity contribution in [1.82, 2.24) is 75.0 Å². The molecule has 670 valence electrons. The van der Waals surface area contributed by atoms with Crippen molar-refractivity contribution < 1.29 is 92.8 Å². The van der Waals surface area contributed by atoms with Crippen LogP contribution in [0.25, 0.3) is 137 Å². The van der Waals surface area contributed by atoms with Crippen LogP contribution in [0, 0.1) is 10.1 Å². The van der Waals surface area contributed by atoms with Gasteiger partial charge in [0.1, 0.15) is 174 Å². The highest BCUT2D eigenvalue weighted by molar-refractivity contribution is 6.42. The first-order valence-electron chi connectivity index (χ1n) is 40.4. The van der Waals surface area contributed by atoms with Gasteiger partial charge in [-0.2, -0.15) is 13.2 Å². The third-order valence-corrected chi connectivity index (χ3v) is 21.3. The van der Waals surface area contributed by atoms with Crippen molar-refractivity contribution in [1.29, 1.82) is 0 Å². The minimum absolute atomic E-state index is 0.0265. The maximum Gasteiger partial charge on any atom is 0.416 e. The Morgan fingerprint density at radius 1 is 0.311 bits per heavy atom. The van der Waals surface area contributed by atoms with Crippen LogP contribution in [0.5, 0.6) is 57.5 Å². The molecule has 0 bridgehead atoms. The Hall–Kier alpha value is -15.5. The fourth-order valence-electron chi connectivity index (χ4n) is 14.0. The summed E-state index contributed by atoms with van der Waals surface area (Å²) in [4.78, 5) is 16.9. The Labute approximate surface area is 757 Å². The molecule has 15 aromatic carbocycles. The van der Waals surface area contributed by atoms with E-state index in [-0.39, 0.29) is 117 Å². The summed E-state index contributed by atoms with van der Waals surface area (Å²) in [6.45, 7) is 2.73. The van der Waals surface area contributed by atoms with Crippen LogP contribution in [0.15, 0.2) is 237 Å². The number of aliphatic hydroxyl groups excluding tert-OH is 5. The van der Waals surface area contributed by atoms with Crippen molar-refractivity contribution in [3.8, 4) is 85.9 Å². The van der Waals surface area contributed by atoms with Gasteiger partial charge in [-0.1, -0.05) is 78.1 Å². The number of hydrogen-bond acceptors (Lipinski definition) is 27. The van der Waals surface area contributed by atoms with E-state index in [4.69, 9.17) is 84.0 Å². The Bertz CT molecular complexity index is 7700. The molecule has 0 aliphatic rings. The number of rotatable bonds is 22. The molecule has 0 saturated heterocycles. The summed E-state index contributed by atoms with van der Waals surface area (Å²) in [7, 11) is 0. The minimum Gasteiger partial charge on any atom is -0.506 e. The molecular formula is C93H74Cl3F3N16O17. The highest BCUT2D eigenvalue weighted by Gasteiger charge is 2.31. The highest BCUT2D eigenvalue weighted by atomic mass is 35.5. The monoisotopic (exact) mass is 1850 g/mol. The van der Waals surface area contributed by atoms with E-state index in [1.165, 1.54) is 55.1 Å². The molecule has 33 nitrogen and oxygen atoms in total. The van der Waals surface area contributed by atoms with Crippen LogP contribution in [0.2, 0.25) is 15.1 Å². The zero-order valence-corrected chi connectivity index (χ0v) is 71.3. The van der Waals surface area contributed by atoms with Gasteiger partial charge in [-0.25, -0.2) is 0 Å². The number of non-ortho nitro benzene ring substituents is 1. The van der Waals surface area contributed by atoms with Gasteiger partial charge in [0, 0.05) is 17.2 Å². The molecule has 0 atom stereocenters. The predicted octanol–water partition coefficient (Wildman–Crippen LogP) is 16.7. The van der Waals surface area contributed by atoms with E-state index in [1.807, 2.05) is 66.7 Å². The second-order valence-electron chi connectivity index (χ2n) is 29.3. The smallest absolute Gasteiger partial charge is 0.416 e. The largest absolute Gasteiger partial charge is 0.506 e. The summed E-state index contributed by atoms with van der Waals surface area (Å²) in [6, 6.07) is 65.5. The van der Waals surface area contributed by atoms with Crippen molar-refractivity contribution >= 4 is 150 Å². The molecule has 39 heteroatoms. The van der Waals surface area contributed by atoms with E-state index in [1.54, 1.807) is 127 Å². The molecule has 5 aromatic heterocycles. The van der Waals surface area contributed by atoms with Crippen LogP contribution >= 0.6 is 34.8 Å². The third kappa shape index (κ3) is 20.3. The summed E-state index contributed by atoms with van der Waals surface area (Å²) >= 11 is 18.0. The zero-order chi connectivity index (χ0) is 92.6. The Morgan fingerprint density at radius 2 is 0.576 bits per heavy atom. The number of aryl methyl sites for hydroxylation is 1. The molecule has 0 amide bonds. The quantitative estimate of drug-likeness (QED) is 0.0222. The summed E-state index contributed by atoms with van der Waals surface area (Å²) in [6.07, 6.45) is -3.55. The van der Waals surface area contributed by atoms with Gasteiger partial charge in [-0.3, -0.25) is 10.1 Å². The molecular weight excluding hydrogens is 1780 g/mol. The highest BCUT2D eigenvalue weighted by Crippen LogP contribution is 2.39. The number of alkyl halides is 3. The van der Waals surface area contributed by atoms with Crippen molar-refractivity contribution in [2.24, 2.45) is 0 Å². The average Bonchev–Trinajstić information content (AvgIpc) is 1.61. The number of fused-ring (bicyclic) bond motifs is 10. The van der Waals surface area contributed by atoms with Gasteiger partial charge in [-0.05, 0) is 254 Å². The van der Waals surface area contributed by atoms with Gasteiger partial charge in [0.2, 0.25) is 0 Å². The number of nitro groups is 1. The molecule has 0 aliphatic heterocycles. The zero-order valence-electron chi connectivity index (χ0n) is 69.0. The predicted molar refractivity (Wildman–Crippen MR) is 489 cm³/mol. The molecule has 0 radical (unpaired) electrons. The van der Waals surface area contributed by atoms with Crippen molar-refractivity contribution in [3.63, 3.8) is 0 Å². The number of benzene rings is 15. The number of nitro benzene ring substituents is 1. The molecule has 10 N–H and O–H groups in total. The van der Waals surface area contributed by atoms with Gasteiger partial charge < -0.3 is 74.7 Å². The Balaban J connectivity index is 0.000000120. The lowest BCUT2D eigenvalue weighted by Crippen LogP contribution is -2.04. The first kappa shape index (κ1) is 89.8. The van der Waals surface area contributed by atoms with Crippen LogP contribution in [-0.4, -0.2) is 197 Å². The van der Waals surface area contributed by atoms with Gasteiger partial charge in [0.25, 0.3) is 5.69 Å². The van der Waals surface area contributed by atoms with E-state index in [0.29, 0.717) is 105 Å². The molecule has 0 saturated carbocycles. The van der Waals surface area contributed by atoms with Crippen LogP contribution < -0.4 is 23.7 Å². The maximum atomic E-state index is 12.9. The normalized spacial score (nSPS) is 11.4. The molecule has 20 aromatic rings. The number of hydrogen-bond donors (Lipinski definition) is 10. The van der Waals surface area contributed by atoms with Crippen LogP contribution in [0.3, 0.4) is 0 Å². The molecule has 0 fully saturated rings. The number of nitrogens with zero attached hydrogens (tertiary/aromatic N) is 16. The summed E-state index contributed by atoms with van der Waals surface area (Å²) in [5, 5.41) is 160. The van der Waals surface area contributed by atoms with E-state index in [2.05, 4.69) is 57.9 Å². The lowest BCUT2D eigenvalue weighted by atomic mass is 10.1. The minimum atomic E-state index is -4.48. The van der Waals surface area contributed by atoms with Gasteiger partial charge in [-0.15, -0.1) is 75.0 Å². The van der Waals surface area contributed by atoms with E-state index < -0.39 is 16.7 Å². The molecule has 5 heterocycles. The number of aromatic nitrogens is 15. The molecule has 20 rings (SSSR count). The number of aromatic hydroxyl groups is 5. The van der Waals surface area contributed by atoms with Crippen LogP contribution in [0.1, 0.15) is 18.1 Å². The molecule has 0 unspecified atom stereocenters. The molecule has 0 aliphatic carbocycles. The number of aliphatic hydroxyl groups is 5. The summed E-state index contributed by atoms with van der Waals surface area (Å²) < 4.78 is 65.8. The van der Waals surface area contributed by atoms with Crippen molar-refractivity contribution in [2.75, 3.05) is 66.1 Å². The fraction of sp³-hybridized carbons (Fsp3) is 0.140. The van der Waals surface area contributed by atoms with Crippen LogP contribution in [0.4, 0.5) is 18.9 Å². The lowest BCUT2D eigenvalue weighted by molar-refractivity contribution is -0.384. The number of phenolic OH excluding ortho intramolecular Hbond substituents is 5. The third-order valence-electron chi connectivity index (χ3n) is 20.3. The average molecular weight is 1850 g/mol. The number of phenols is 5. The lowest BCUT2D eigenvalue weighted by Gasteiger charge is -2.08. The van der Waals surface area contributed by atoms with Gasteiger partial charge >= 0.3 is 6.18 Å². The van der Waals surface area contributed by atoms with Crippen molar-refractivity contribution in [2.45, 2.75) is 19.5 Å². The van der Waals surface area contributed by atoms with Crippen LogP contribution in [-0.2, 0) is 12.6 Å². The second-order valence-corrected chi connectivity index (χ2v) is 30.5. The maximum absolute atomic E-state index is 12.9.